The van der Waals surface area contributed by atoms with Crippen LogP contribution in [0.5, 0.6) is 5.75 Å². The first-order chi connectivity index (χ1) is 8.85. The molecule has 0 saturated carbocycles. The van der Waals surface area contributed by atoms with E-state index in [0.717, 1.165) is 0 Å². The van der Waals surface area contributed by atoms with Crippen molar-refractivity contribution in [2.24, 2.45) is 5.73 Å². The maximum atomic E-state index is 13.6. The van der Waals surface area contributed by atoms with Gasteiger partial charge >= 0.3 is 0 Å². The molecule has 0 fully saturated rings. The fraction of sp³-hybridized carbons (Fsp3) is 0.538. The van der Waals surface area contributed by atoms with Crippen LogP contribution in [0.3, 0.4) is 0 Å². The van der Waals surface area contributed by atoms with E-state index in [1.54, 1.807) is 26.0 Å². The number of sulfone groups is 1. The first-order valence-corrected chi connectivity index (χ1v) is 8.06. The van der Waals surface area contributed by atoms with Gasteiger partial charge in [0.15, 0.2) is 9.84 Å². The summed E-state index contributed by atoms with van der Waals surface area (Å²) in [5, 5.41) is 0. The van der Waals surface area contributed by atoms with Gasteiger partial charge in [-0.3, -0.25) is 0 Å². The molecule has 1 aromatic rings. The third kappa shape index (κ3) is 5.16. The van der Waals surface area contributed by atoms with Crippen LogP contribution < -0.4 is 10.5 Å². The lowest BCUT2D eigenvalue weighted by Gasteiger charge is -2.10. The molecule has 0 bridgehead atoms. The second-order valence-electron chi connectivity index (χ2n) is 4.47. The second-order valence-corrected chi connectivity index (χ2v) is 6.78. The Balaban J connectivity index is 2.58. The van der Waals surface area contributed by atoms with Crippen LogP contribution in [0, 0.1) is 5.82 Å². The van der Waals surface area contributed by atoms with E-state index in [9.17, 15) is 12.8 Å². The molecule has 2 N–H and O–H groups in total. The van der Waals surface area contributed by atoms with Gasteiger partial charge in [0.2, 0.25) is 0 Å². The van der Waals surface area contributed by atoms with Crippen LogP contribution in [0.1, 0.15) is 31.9 Å². The Morgan fingerprint density at radius 3 is 2.58 bits per heavy atom. The van der Waals surface area contributed by atoms with E-state index in [-0.39, 0.29) is 24.2 Å². The van der Waals surface area contributed by atoms with Crippen LogP contribution in [0.2, 0.25) is 0 Å². The first kappa shape index (κ1) is 15.9. The van der Waals surface area contributed by atoms with Gasteiger partial charge in [-0.05, 0) is 19.4 Å². The van der Waals surface area contributed by atoms with Gasteiger partial charge in [0.1, 0.15) is 18.2 Å². The van der Waals surface area contributed by atoms with E-state index in [1.165, 1.54) is 6.07 Å². The largest absolute Gasteiger partial charge is 0.492 e. The van der Waals surface area contributed by atoms with E-state index in [0.29, 0.717) is 17.7 Å². The zero-order valence-electron chi connectivity index (χ0n) is 11.2. The predicted molar refractivity (Wildman–Crippen MR) is 73.4 cm³/mol. The molecular weight excluding hydrogens is 269 g/mol. The third-order valence-corrected chi connectivity index (χ3v) is 4.46. The number of halogens is 1. The Morgan fingerprint density at radius 2 is 2.05 bits per heavy atom. The average molecular weight is 289 g/mol. The summed E-state index contributed by atoms with van der Waals surface area (Å²) in [6.45, 7) is 3.52. The number of nitrogens with two attached hydrogens (primary N) is 1. The van der Waals surface area contributed by atoms with Crippen LogP contribution in [0.25, 0.3) is 0 Å². The highest BCUT2D eigenvalue weighted by atomic mass is 32.2. The van der Waals surface area contributed by atoms with E-state index in [1.807, 2.05) is 0 Å². The van der Waals surface area contributed by atoms with Crippen molar-refractivity contribution < 1.29 is 17.5 Å². The van der Waals surface area contributed by atoms with Gasteiger partial charge in [-0.25, -0.2) is 12.8 Å². The number of benzene rings is 1. The van der Waals surface area contributed by atoms with Gasteiger partial charge in [0.05, 0.1) is 11.5 Å². The molecule has 19 heavy (non-hydrogen) atoms. The standard InChI is InChI=1S/C13H20FNO3S/c1-3-7-19(16,17)8-6-18-11-4-5-12(10(2)15)13(14)9-11/h4-5,9-10H,3,6-8,15H2,1-2H3/t10-/m1/s1. The number of hydrogen-bond donors (Lipinski definition) is 1. The molecule has 4 nitrogen and oxygen atoms in total. The van der Waals surface area contributed by atoms with Gasteiger partial charge in [-0.1, -0.05) is 13.0 Å². The second kappa shape index (κ2) is 6.86. The van der Waals surface area contributed by atoms with Gasteiger partial charge in [-0.15, -0.1) is 0 Å². The Bertz CT molecular complexity index is 515. The van der Waals surface area contributed by atoms with Crippen molar-refractivity contribution >= 4 is 9.84 Å². The van der Waals surface area contributed by atoms with Gasteiger partial charge in [-0.2, -0.15) is 0 Å². The molecule has 0 aliphatic heterocycles. The molecule has 0 spiro atoms. The monoisotopic (exact) mass is 289 g/mol. The Kier molecular flexibility index (Phi) is 5.75. The van der Waals surface area contributed by atoms with E-state index in [2.05, 4.69) is 0 Å². The molecule has 0 saturated heterocycles. The highest BCUT2D eigenvalue weighted by Crippen LogP contribution is 2.20. The summed E-state index contributed by atoms with van der Waals surface area (Å²) in [6.07, 6.45) is 0.583. The van der Waals surface area contributed by atoms with Crippen LogP contribution in [-0.2, 0) is 9.84 Å². The SMILES string of the molecule is CCCS(=O)(=O)CCOc1ccc([C@@H](C)N)c(F)c1. The molecule has 0 radical (unpaired) electrons. The van der Waals surface area contributed by atoms with Crippen molar-refractivity contribution in [1.29, 1.82) is 0 Å². The smallest absolute Gasteiger partial charge is 0.153 e. The minimum atomic E-state index is -3.07. The zero-order valence-corrected chi connectivity index (χ0v) is 12.0. The maximum absolute atomic E-state index is 13.6. The topological polar surface area (TPSA) is 69.4 Å². The summed E-state index contributed by atoms with van der Waals surface area (Å²) in [5.41, 5.74) is 6.00. The molecule has 1 aromatic carbocycles. The molecule has 0 aliphatic rings. The lowest BCUT2D eigenvalue weighted by atomic mass is 10.1. The lowest BCUT2D eigenvalue weighted by molar-refractivity contribution is 0.338. The Labute approximate surface area is 113 Å². The zero-order chi connectivity index (χ0) is 14.5. The van der Waals surface area contributed by atoms with Crippen molar-refractivity contribution in [2.75, 3.05) is 18.1 Å². The van der Waals surface area contributed by atoms with Crippen LogP contribution in [0.4, 0.5) is 4.39 Å². The van der Waals surface area contributed by atoms with E-state index in [4.69, 9.17) is 10.5 Å². The van der Waals surface area contributed by atoms with Crippen LogP contribution >= 0.6 is 0 Å². The summed E-state index contributed by atoms with van der Waals surface area (Å²) in [4.78, 5) is 0. The summed E-state index contributed by atoms with van der Waals surface area (Å²) in [6, 6.07) is 3.98. The summed E-state index contributed by atoms with van der Waals surface area (Å²) < 4.78 is 41.8. The highest BCUT2D eigenvalue weighted by Gasteiger charge is 2.11. The molecule has 0 heterocycles. The highest BCUT2D eigenvalue weighted by molar-refractivity contribution is 7.91. The summed E-state index contributed by atoms with van der Waals surface area (Å²) in [5.74, 6) is -0.0382. The number of rotatable bonds is 7. The molecule has 0 aliphatic carbocycles. The number of hydrogen-bond acceptors (Lipinski definition) is 4. The molecule has 0 aromatic heterocycles. The molecular formula is C13H20FNO3S. The summed E-state index contributed by atoms with van der Waals surface area (Å²) in [7, 11) is -3.07. The van der Waals surface area contributed by atoms with E-state index >= 15 is 0 Å². The minimum Gasteiger partial charge on any atom is -0.492 e. The first-order valence-electron chi connectivity index (χ1n) is 6.24. The Morgan fingerprint density at radius 1 is 1.37 bits per heavy atom. The third-order valence-electron chi connectivity index (χ3n) is 2.64. The lowest BCUT2D eigenvalue weighted by Crippen LogP contribution is -2.16. The van der Waals surface area contributed by atoms with Crippen molar-refractivity contribution in [3.8, 4) is 5.75 Å². The van der Waals surface area contributed by atoms with Crippen LogP contribution in [0.15, 0.2) is 18.2 Å². The molecule has 1 atom stereocenters. The molecule has 0 amide bonds. The molecule has 1 rings (SSSR count). The van der Waals surface area contributed by atoms with Gasteiger partial charge in [0, 0.05) is 17.7 Å². The maximum Gasteiger partial charge on any atom is 0.153 e. The number of ether oxygens (including phenoxy) is 1. The fourth-order valence-electron chi connectivity index (χ4n) is 1.67. The van der Waals surface area contributed by atoms with Gasteiger partial charge in [0.25, 0.3) is 0 Å². The van der Waals surface area contributed by atoms with Gasteiger partial charge < -0.3 is 10.5 Å². The van der Waals surface area contributed by atoms with Crippen molar-refractivity contribution in [3.63, 3.8) is 0 Å². The molecule has 0 unspecified atom stereocenters. The van der Waals surface area contributed by atoms with Crippen LogP contribution in [-0.4, -0.2) is 26.5 Å². The van der Waals surface area contributed by atoms with Crippen molar-refractivity contribution in [3.05, 3.63) is 29.6 Å². The normalized spacial score (nSPS) is 13.3. The fourth-order valence-corrected chi connectivity index (χ4v) is 2.83. The Hall–Kier alpha value is -1.14. The average Bonchev–Trinajstić information content (AvgIpc) is 2.28. The molecule has 108 valence electrons. The quantitative estimate of drug-likeness (QED) is 0.834. The minimum absolute atomic E-state index is 0.0271. The van der Waals surface area contributed by atoms with Crippen molar-refractivity contribution in [2.45, 2.75) is 26.3 Å². The summed E-state index contributed by atoms with van der Waals surface area (Å²) >= 11 is 0. The van der Waals surface area contributed by atoms with Crippen molar-refractivity contribution in [1.82, 2.24) is 0 Å². The van der Waals surface area contributed by atoms with E-state index < -0.39 is 15.7 Å². The predicted octanol–water partition coefficient (Wildman–Crippen LogP) is 2.05. The molecule has 6 heteroatoms.